The van der Waals surface area contributed by atoms with E-state index in [4.69, 9.17) is 5.73 Å². The molecule has 4 nitrogen and oxygen atoms in total. The quantitative estimate of drug-likeness (QED) is 0.872. The Labute approximate surface area is 101 Å². The van der Waals surface area contributed by atoms with E-state index in [0.717, 1.165) is 31.6 Å². The van der Waals surface area contributed by atoms with E-state index < -0.39 is 0 Å². The van der Waals surface area contributed by atoms with E-state index in [0.29, 0.717) is 0 Å². The van der Waals surface area contributed by atoms with Crippen LogP contribution in [0.1, 0.15) is 19.8 Å². The number of nitrogens with two attached hydrogens (primary N) is 1. The van der Waals surface area contributed by atoms with Crippen molar-refractivity contribution < 1.29 is 0 Å². The van der Waals surface area contributed by atoms with Gasteiger partial charge in [0.05, 0.1) is 5.54 Å². The van der Waals surface area contributed by atoms with Crippen molar-refractivity contribution in [2.24, 2.45) is 5.73 Å². The first kappa shape index (κ1) is 10.6. The summed E-state index contributed by atoms with van der Waals surface area (Å²) in [6.45, 7) is 4.07. The maximum atomic E-state index is 6.29. The molecule has 3 rings (SSSR count). The van der Waals surface area contributed by atoms with E-state index >= 15 is 0 Å². The van der Waals surface area contributed by atoms with E-state index in [1.807, 2.05) is 24.5 Å². The monoisotopic (exact) mass is 230 g/mol. The number of hydrogen-bond donors (Lipinski definition) is 1. The summed E-state index contributed by atoms with van der Waals surface area (Å²) < 4.78 is 2.12. The molecular weight excluding hydrogens is 212 g/mol. The van der Waals surface area contributed by atoms with Crippen LogP contribution in [0.4, 0.5) is 5.82 Å². The lowest BCUT2D eigenvalue weighted by molar-refractivity contribution is 0.305. The van der Waals surface area contributed by atoms with Gasteiger partial charge in [-0.1, -0.05) is 19.4 Å². The normalized spacial score (nSPS) is 18.4. The summed E-state index contributed by atoms with van der Waals surface area (Å²) in [7, 11) is 0. The molecule has 0 aliphatic carbocycles. The predicted molar refractivity (Wildman–Crippen MR) is 69.2 cm³/mol. The minimum atomic E-state index is 0.0114. The average Bonchev–Trinajstić information content (AvgIpc) is 2.73. The van der Waals surface area contributed by atoms with Gasteiger partial charge in [0.2, 0.25) is 0 Å². The molecule has 90 valence electrons. The molecule has 0 atom stereocenters. The van der Waals surface area contributed by atoms with Crippen molar-refractivity contribution in [3.05, 3.63) is 30.6 Å². The Morgan fingerprint density at radius 2 is 2.24 bits per heavy atom. The fourth-order valence-electron chi connectivity index (χ4n) is 2.72. The zero-order valence-corrected chi connectivity index (χ0v) is 10.1. The Bertz CT molecular complexity index is 525. The first-order valence-corrected chi connectivity index (χ1v) is 6.18. The fourth-order valence-corrected chi connectivity index (χ4v) is 2.72. The Hall–Kier alpha value is -1.55. The zero-order chi connectivity index (χ0) is 11.9. The summed E-state index contributed by atoms with van der Waals surface area (Å²) in [5.41, 5.74) is 7.30. The third-order valence-electron chi connectivity index (χ3n) is 3.49. The maximum absolute atomic E-state index is 6.29. The van der Waals surface area contributed by atoms with Crippen LogP contribution in [0.15, 0.2) is 30.6 Å². The summed E-state index contributed by atoms with van der Waals surface area (Å²) >= 11 is 0. The second-order valence-corrected chi connectivity index (χ2v) is 5.01. The first-order valence-electron chi connectivity index (χ1n) is 6.18. The van der Waals surface area contributed by atoms with Crippen LogP contribution < -0.4 is 10.6 Å². The number of hydrogen-bond acceptors (Lipinski definition) is 3. The Kier molecular flexibility index (Phi) is 2.33. The van der Waals surface area contributed by atoms with E-state index in [1.54, 1.807) is 0 Å². The van der Waals surface area contributed by atoms with Gasteiger partial charge in [-0.25, -0.2) is 4.98 Å². The fraction of sp³-hybridized carbons (Fsp3) is 0.462. The molecule has 3 heterocycles. The highest BCUT2D eigenvalue weighted by Gasteiger charge is 2.39. The molecule has 2 N–H and O–H groups in total. The third kappa shape index (κ3) is 1.69. The van der Waals surface area contributed by atoms with Crippen molar-refractivity contribution in [2.45, 2.75) is 25.3 Å². The van der Waals surface area contributed by atoms with Crippen molar-refractivity contribution in [3.8, 4) is 0 Å². The van der Waals surface area contributed by atoms with Gasteiger partial charge in [0.1, 0.15) is 11.5 Å². The van der Waals surface area contributed by atoms with Crippen LogP contribution in [0.3, 0.4) is 0 Å². The highest BCUT2D eigenvalue weighted by molar-refractivity contribution is 5.54. The standard InChI is InChI=1S/C13H18N4/c1-2-6-13(14)9-16(10-13)12-5-3-4-11-15-7-8-17(11)12/h3-5,7-8H,2,6,9-10,14H2,1H3. The number of rotatable bonds is 3. The van der Waals surface area contributed by atoms with E-state index in [2.05, 4.69) is 27.3 Å². The number of pyridine rings is 1. The topological polar surface area (TPSA) is 46.6 Å². The van der Waals surface area contributed by atoms with E-state index in [1.165, 1.54) is 5.82 Å². The molecule has 0 radical (unpaired) electrons. The lowest BCUT2D eigenvalue weighted by atomic mass is 9.86. The smallest absolute Gasteiger partial charge is 0.138 e. The number of anilines is 1. The average molecular weight is 230 g/mol. The largest absolute Gasteiger partial charge is 0.354 e. The molecule has 0 unspecified atom stereocenters. The van der Waals surface area contributed by atoms with Crippen LogP contribution in [0.25, 0.3) is 5.65 Å². The van der Waals surface area contributed by atoms with E-state index in [-0.39, 0.29) is 5.54 Å². The minimum Gasteiger partial charge on any atom is -0.354 e. The van der Waals surface area contributed by atoms with Crippen molar-refractivity contribution in [2.75, 3.05) is 18.0 Å². The molecule has 0 aromatic carbocycles. The Balaban J connectivity index is 1.85. The summed E-state index contributed by atoms with van der Waals surface area (Å²) in [4.78, 5) is 6.62. The summed E-state index contributed by atoms with van der Waals surface area (Å²) in [6, 6.07) is 6.19. The molecule has 1 aliphatic heterocycles. The predicted octanol–water partition coefficient (Wildman–Crippen LogP) is 1.65. The highest BCUT2D eigenvalue weighted by atomic mass is 15.3. The number of aromatic nitrogens is 2. The molecule has 4 heteroatoms. The molecule has 0 saturated carbocycles. The molecule has 2 aromatic rings. The lowest BCUT2D eigenvalue weighted by Crippen LogP contribution is -2.67. The molecule has 17 heavy (non-hydrogen) atoms. The lowest BCUT2D eigenvalue weighted by Gasteiger charge is -2.49. The number of imidazole rings is 1. The van der Waals surface area contributed by atoms with Crippen LogP contribution in [-0.4, -0.2) is 28.0 Å². The minimum absolute atomic E-state index is 0.0114. The van der Waals surface area contributed by atoms with Crippen LogP contribution in [-0.2, 0) is 0 Å². The molecular formula is C13H18N4. The van der Waals surface area contributed by atoms with Gasteiger partial charge in [-0.15, -0.1) is 0 Å². The van der Waals surface area contributed by atoms with E-state index in [9.17, 15) is 0 Å². The van der Waals surface area contributed by atoms with Gasteiger partial charge in [0, 0.05) is 25.5 Å². The van der Waals surface area contributed by atoms with Crippen LogP contribution >= 0.6 is 0 Å². The molecule has 0 amide bonds. The van der Waals surface area contributed by atoms with Crippen molar-refractivity contribution >= 4 is 11.5 Å². The van der Waals surface area contributed by atoms with Gasteiger partial charge in [-0.2, -0.15) is 0 Å². The number of fused-ring (bicyclic) bond motifs is 1. The molecule has 0 bridgehead atoms. The first-order chi connectivity index (χ1) is 8.22. The second kappa shape index (κ2) is 3.74. The van der Waals surface area contributed by atoms with Crippen LogP contribution in [0.2, 0.25) is 0 Å². The summed E-state index contributed by atoms with van der Waals surface area (Å²) in [5.74, 6) is 1.19. The van der Waals surface area contributed by atoms with Gasteiger partial charge in [0.25, 0.3) is 0 Å². The molecule has 0 spiro atoms. The van der Waals surface area contributed by atoms with Crippen LogP contribution in [0.5, 0.6) is 0 Å². The second-order valence-electron chi connectivity index (χ2n) is 5.01. The van der Waals surface area contributed by atoms with Gasteiger partial charge in [0.15, 0.2) is 0 Å². The maximum Gasteiger partial charge on any atom is 0.138 e. The van der Waals surface area contributed by atoms with Crippen molar-refractivity contribution in [1.29, 1.82) is 0 Å². The third-order valence-corrected chi connectivity index (χ3v) is 3.49. The molecule has 1 aliphatic rings. The van der Waals surface area contributed by atoms with Crippen LogP contribution in [0, 0.1) is 0 Å². The molecule has 1 saturated heterocycles. The highest BCUT2D eigenvalue weighted by Crippen LogP contribution is 2.29. The number of nitrogens with zero attached hydrogens (tertiary/aromatic N) is 3. The SMILES string of the molecule is CCCC1(N)CN(c2cccc3nccn23)C1. The summed E-state index contributed by atoms with van der Waals surface area (Å²) in [5, 5.41) is 0. The van der Waals surface area contributed by atoms with Crippen molar-refractivity contribution in [3.63, 3.8) is 0 Å². The van der Waals surface area contributed by atoms with Gasteiger partial charge in [-0.05, 0) is 18.6 Å². The Morgan fingerprint density at radius 1 is 1.41 bits per heavy atom. The van der Waals surface area contributed by atoms with Gasteiger partial charge >= 0.3 is 0 Å². The summed E-state index contributed by atoms with van der Waals surface area (Å²) in [6.07, 6.45) is 6.09. The molecule has 2 aromatic heterocycles. The zero-order valence-electron chi connectivity index (χ0n) is 10.1. The molecule has 1 fully saturated rings. The van der Waals surface area contributed by atoms with Gasteiger partial charge < -0.3 is 10.6 Å². The van der Waals surface area contributed by atoms with Crippen molar-refractivity contribution in [1.82, 2.24) is 9.38 Å². The van der Waals surface area contributed by atoms with Gasteiger partial charge in [-0.3, -0.25) is 4.40 Å². The Morgan fingerprint density at radius 3 is 3.00 bits per heavy atom.